The third-order valence-corrected chi connectivity index (χ3v) is 4.16. The molecular weight excluding hydrogens is 306 g/mol. The molecule has 0 unspecified atom stereocenters. The van der Waals surface area contributed by atoms with Gasteiger partial charge in [0.05, 0.1) is 0 Å². The summed E-state index contributed by atoms with van der Waals surface area (Å²) < 4.78 is 5.28. The van der Waals surface area contributed by atoms with Crippen LogP contribution in [0.5, 0.6) is 0 Å². The van der Waals surface area contributed by atoms with Gasteiger partial charge in [-0.3, -0.25) is 9.59 Å². The minimum absolute atomic E-state index is 0.0877. The number of nitrogens with one attached hydrogen (secondary N) is 1. The van der Waals surface area contributed by atoms with Crippen LogP contribution in [0.3, 0.4) is 0 Å². The van der Waals surface area contributed by atoms with Crippen molar-refractivity contribution >= 4 is 17.5 Å². The van der Waals surface area contributed by atoms with E-state index in [0.717, 1.165) is 5.69 Å². The molecule has 0 bridgehead atoms. The summed E-state index contributed by atoms with van der Waals surface area (Å²) in [7, 11) is 0. The number of para-hydroxylation sites is 1. The van der Waals surface area contributed by atoms with Crippen molar-refractivity contribution in [1.29, 1.82) is 0 Å². The van der Waals surface area contributed by atoms with Gasteiger partial charge in [-0.2, -0.15) is 0 Å². The number of benzene rings is 1. The lowest BCUT2D eigenvalue weighted by molar-refractivity contribution is -0.117. The second kappa shape index (κ2) is 6.86. The number of nitrogens with zero attached hydrogens (tertiary/aromatic N) is 2. The van der Waals surface area contributed by atoms with Crippen LogP contribution < -0.4 is 10.2 Å². The summed E-state index contributed by atoms with van der Waals surface area (Å²) in [6.07, 6.45) is 1.73. The Bertz CT molecular complexity index is 724. The van der Waals surface area contributed by atoms with E-state index >= 15 is 0 Å². The average molecular weight is 327 g/mol. The van der Waals surface area contributed by atoms with Gasteiger partial charge in [0.1, 0.15) is 5.76 Å². The van der Waals surface area contributed by atoms with E-state index in [4.69, 9.17) is 4.42 Å². The van der Waals surface area contributed by atoms with Crippen LogP contribution in [0.1, 0.15) is 42.4 Å². The standard InChI is InChI=1S/C18H21N3O3/c1-12(2)17-16(20-11-24-17)18(23)19-9-13-8-15(22)21(10-13)14-6-4-3-5-7-14/h3-7,11-13H,8-10H2,1-2H3,(H,19,23)/t13-/m0/s1. The number of carbonyl (C=O) groups is 2. The number of hydrogen-bond acceptors (Lipinski definition) is 4. The van der Waals surface area contributed by atoms with Crippen LogP contribution >= 0.6 is 0 Å². The molecule has 6 nitrogen and oxygen atoms in total. The quantitative estimate of drug-likeness (QED) is 0.916. The van der Waals surface area contributed by atoms with Crippen LogP contribution in [0.15, 0.2) is 41.1 Å². The summed E-state index contributed by atoms with van der Waals surface area (Å²) in [5.41, 5.74) is 1.23. The largest absolute Gasteiger partial charge is 0.447 e. The predicted octanol–water partition coefficient (Wildman–Crippen LogP) is 2.58. The van der Waals surface area contributed by atoms with Crippen molar-refractivity contribution in [1.82, 2.24) is 10.3 Å². The van der Waals surface area contributed by atoms with E-state index in [1.54, 1.807) is 4.90 Å². The van der Waals surface area contributed by atoms with Gasteiger partial charge in [0.25, 0.3) is 5.91 Å². The van der Waals surface area contributed by atoms with Gasteiger partial charge in [-0.05, 0) is 12.1 Å². The zero-order chi connectivity index (χ0) is 17.1. The fourth-order valence-electron chi connectivity index (χ4n) is 2.93. The maximum absolute atomic E-state index is 12.3. The smallest absolute Gasteiger partial charge is 0.273 e. The van der Waals surface area contributed by atoms with E-state index in [1.165, 1.54) is 6.39 Å². The molecule has 2 aromatic rings. The number of rotatable bonds is 5. The Balaban J connectivity index is 1.59. The van der Waals surface area contributed by atoms with Crippen LogP contribution in [0.2, 0.25) is 0 Å². The molecule has 1 N–H and O–H groups in total. The van der Waals surface area contributed by atoms with Crippen LogP contribution in [-0.2, 0) is 4.79 Å². The van der Waals surface area contributed by atoms with Crippen molar-refractivity contribution in [3.8, 4) is 0 Å². The summed E-state index contributed by atoms with van der Waals surface area (Å²) in [4.78, 5) is 30.3. The Morgan fingerprint density at radius 1 is 1.38 bits per heavy atom. The molecule has 1 saturated heterocycles. The van der Waals surface area contributed by atoms with Gasteiger partial charge >= 0.3 is 0 Å². The molecule has 0 radical (unpaired) electrons. The van der Waals surface area contributed by atoms with E-state index in [2.05, 4.69) is 10.3 Å². The molecule has 1 aromatic carbocycles. The van der Waals surface area contributed by atoms with Gasteiger partial charge in [0.15, 0.2) is 12.1 Å². The van der Waals surface area contributed by atoms with Gasteiger partial charge in [-0.15, -0.1) is 0 Å². The van der Waals surface area contributed by atoms with Crippen LogP contribution in [-0.4, -0.2) is 29.9 Å². The Hall–Kier alpha value is -2.63. The summed E-state index contributed by atoms with van der Waals surface area (Å²) in [6.45, 7) is 4.95. The molecule has 1 aromatic heterocycles. The lowest BCUT2D eigenvalue weighted by Gasteiger charge is -2.16. The minimum atomic E-state index is -0.252. The zero-order valence-electron chi connectivity index (χ0n) is 13.9. The molecule has 0 aliphatic carbocycles. The Kier molecular flexibility index (Phi) is 4.64. The highest BCUT2D eigenvalue weighted by atomic mass is 16.3. The highest BCUT2D eigenvalue weighted by Crippen LogP contribution is 2.24. The number of carbonyl (C=O) groups excluding carboxylic acids is 2. The first-order chi connectivity index (χ1) is 11.6. The topological polar surface area (TPSA) is 75.4 Å². The molecule has 2 heterocycles. The van der Waals surface area contributed by atoms with Gasteiger partial charge in [0, 0.05) is 37.0 Å². The molecule has 126 valence electrons. The molecule has 2 amide bonds. The van der Waals surface area contributed by atoms with Crippen molar-refractivity contribution in [2.45, 2.75) is 26.2 Å². The monoisotopic (exact) mass is 327 g/mol. The maximum atomic E-state index is 12.3. The first-order valence-corrected chi connectivity index (χ1v) is 8.13. The van der Waals surface area contributed by atoms with Crippen molar-refractivity contribution in [2.24, 2.45) is 5.92 Å². The first kappa shape index (κ1) is 16.2. The Morgan fingerprint density at radius 2 is 2.12 bits per heavy atom. The minimum Gasteiger partial charge on any atom is -0.447 e. The van der Waals surface area contributed by atoms with Gasteiger partial charge in [-0.1, -0.05) is 32.0 Å². The first-order valence-electron chi connectivity index (χ1n) is 8.13. The fourth-order valence-corrected chi connectivity index (χ4v) is 2.93. The Labute approximate surface area is 140 Å². The molecule has 1 fully saturated rings. The number of anilines is 1. The van der Waals surface area contributed by atoms with Crippen LogP contribution in [0.4, 0.5) is 5.69 Å². The van der Waals surface area contributed by atoms with E-state index < -0.39 is 0 Å². The predicted molar refractivity (Wildman–Crippen MR) is 89.8 cm³/mol. The number of oxazole rings is 1. The fraction of sp³-hybridized carbons (Fsp3) is 0.389. The van der Waals surface area contributed by atoms with Crippen LogP contribution in [0.25, 0.3) is 0 Å². The van der Waals surface area contributed by atoms with Crippen LogP contribution in [0, 0.1) is 5.92 Å². The molecule has 0 saturated carbocycles. The summed E-state index contributed by atoms with van der Waals surface area (Å²) in [5.74, 6) is 0.606. The maximum Gasteiger partial charge on any atom is 0.273 e. The molecule has 1 atom stereocenters. The van der Waals surface area contributed by atoms with Crippen molar-refractivity contribution in [3.63, 3.8) is 0 Å². The van der Waals surface area contributed by atoms with Crippen molar-refractivity contribution in [3.05, 3.63) is 48.2 Å². The lowest BCUT2D eigenvalue weighted by atomic mass is 10.1. The normalized spacial score (nSPS) is 17.5. The lowest BCUT2D eigenvalue weighted by Crippen LogP contribution is -2.32. The number of hydrogen-bond donors (Lipinski definition) is 1. The summed E-state index contributed by atoms with van der Waals surface area (Å²) in [5, 5.41) is 2.87. The van der Waals surface area contributed by atoms with Crippen molar-refractivity contribution < 1.29 is 14.0 Å². The second-order valence-electron chi connectivity index (χ2n) is 6.34. The SMILES string of the molecule is CC(C)c1ocnc1C(=O)NC[C@@H]1CC(=O)N(c2ccccc2)C1. The molecule has 0 spiro atoms. The Morgan fingerprint density at radius 3 is 2.83 bits per heavy atom. The summed E-state index contributed by atoms with van der Waals surface area (Å²) >= 11 is 0. The molecule has 6 heteroatoms. The third-order valence-electron chi connectivity index (χ3n) is 4.16. The van der Waals surface area contributed by atoms with E-state index in [1.807, 2.05) is 44.2 Å². The summed E-state index contributed by atoms with van der Waals surface area (Å²) in [6, 6.07) is 9.59. The highest BCUT2D eigenvalue weighted by molar-refractivity contribution is 5.96. The number of aromatic nitrogens is 1. The zero-order valence-corrected chi connectivity index (χ0v) is 13.9. The van der Waals surface area contributed by atoms with Gasteiger partial charge in [-0.25, -0.2) is 4.98 Å². The number of amides is 2. The molecular formula is C18H21N3O3. The molecule has 1 aliphatic rings. The van der Waals surface area contributed by atoms with Gasteiger partial charge in [0.2, 0.25) is 5.91 Å². The van der Waals surface area contributed by atoms with Crippen molar-refractivity contribution in [2.75, 3.05) is 18.0 Å². The van der Waals surface area contributed by atoms with Gasteiger partial charge < -0.3 is 14.6 Å². The van der Waals surface area contributed by atoms with E-state index in [-0.39, 0.29) is 23.7 Å². The molecule has 3 rings (SSSR count). The molecule has 24 heavy (non-hydrogen) atoms. The van der Waals surface area contributed by atoms with E-state index in [9.17, 15) is 9.59 Å². The van der Waals surface area contributed by atoms with E-state index in [0.29, 0.717) is 31.0 Å². The highest BCUT2D eigenvalue weighted by Gasteiger charge is 2.31. The third kappa shape index (κ3) is 3.32. The second-order valence-corrected chi connectivity index (χ2v) is 6.34. The molecule has 1 aliphatic heterocycles. The average Bonchev–Trinajstić information content (AvgIpc) is 3.20.